The Balaban J connectivity index is 0.733. The van der Waals surface area contributed by atoms with E-state index in [-0.39, 0.29) is 46.5 Å². The molecule has 10 rings (SSSR count). The average Bonchev–Trinajstić information content (AvgIpc) is 3.86. The molecule has 17 heteroatoms. The maximum atomic E-state index is 16.3. The van der Waals surface area contributed by atoms with Gasteiger partial charge >= 0.3 is 5.69 Å². The number of anilines is 1. The Morgan fingerprint density at radius 2 is 1.56 bits per heavy atom. The van der Waals surface area contributed by atoms with E-state index in [2.05, 4.69) is 36.0 Å². The highest BCUT2D eigenvalue weighted by molar-refractivity contribution is 6.31. The highest BCUT2D eigenvalue weighted by Gasteiger charge is 2.72. The van der Waals surface area contributed by atoms with E-state index in [4.69, 9.17) is 23.2 Å². The van der Waals surface area contributed by atoms with Crippen LogP contribution in [0.4, 0.5) is 10.1 Å². The van der Waals surface area contributed by atoms with E-state index < -0.39 is 40.7 Å². The van der Waals surface area contributed by atoms with Crippen LogP contribution in [-0.2, 0) is 38.2 Å². The average molecular weight is 943 g/mol. The molecular weight excluding hydrogens is 885 g/mol. The van der Waals surface area contributed by atoms with Gasteiger partial charge in [0.25, 0.3) is 0 Å². The molecule has 4 aromatic rings. The molecular formula is C49H58Cl2FN9O5. The number of hydrogen-bond acceptors (Lipinski definition) is 9. The zero-order valence-electron chi connectivity index (χ0n) is 37.4. The van der Waals surface area contributed by atoms with Crippen molar-refractivity contribution in [1.29, 1.82) is 0 Å². The predicted octanol–water partition coefficient (Wildman–Crippen LogP) is 5.20. The molecule has 0 bridgehead atoms. The van der Waals surface area contributed by atoms with E-state index in [9.17, 15) is 24.0 Å². The van der Waals surface area contributed by atoms with E-state index in [1.807, 2.05) is 24.3 Å². The van der Waals surface area contributed by atoms with Gasteiger partial charge in [0.2, 0.25) is 23.6 Å². The Bertz CT molecular complexity index is 2630. The third kappa shape index (κ3) is 7.86. The first-order valence-corrected chi connectivity index (χ1v) is 24.5. The third-order valence-electron chi connectivity index (χ3n) is 15.7. The summed E-state index contributed by atoms with van der Waals surface area (Å²) in [6.07, 6.45) is 7.30. The molecule has 5 fully saturated rings. The lowest BCUT2D eigenvalue weighted by Gasteiger charge is -2.47. The molecule has 4 amide bonds. The topological polar surface area (TPSA) is 153 Å². The van der Waals surface area contributed by atoms with E-state index in [1.165, 1.54) is 10.6 Å². The van der Waals surface area contributed by atoms with Crippen LogP contribution in [0.5, 0.6) is 0 Å². The number of amides is 4. The molecule has 14 nitrogen and oxygen atoms in total. The molecule has 6 aliphatic rings. The number of hydrogen-bond donors (Lipinski definition) is 4. The summed E-state index contributed by atoms with van der Waals surface area (Å²) in [5.74, 6) is -2.66. The number of carbonyl (C=O) groups excluding carboxylic acids is 4. The zero-order chi connectivity index (χ0) is 45.9. The van der Waals surface area contributed by atoms with Crippen molar-refractivity contribution in [2.24, 2.45) is 7.05 Å². The number of halogens is 3. The minimum Gasteiger partial charge on any atom is -0.352 e. The summed E-state index contributed by atoms with van der Waals surface area (Å²) < 4.78 is 19.4. The van der Waals surface area contributed by atoms with Crippen LogP contribution in [0.3, 0.4) is 0 Å². The second kappa shape index (κ2) is 18.1. The quantitative estimate of drug-likeness (QED) is 0.157. The molecule has 1 aliphatic carbocycles. The molecule has 1 saturated carbocycles. The van der Waals surface area contributed by atoms with Gasteiger partial charge in [-0.1, -0.05) is 66.7 Å². The van der Waals surface area contributed by atoms with Gasteiger partial charge in [-0.2, -0.15) is 0 Å². The van der Waals surface area contributed by atoms with Gasteiger partial charge in [0.05, 0.1) is 22.1 Å². The van der Waals surface area contributed by atoms with Crippen molar-refractivity contribution in [3.63, 3.8) is 0 Å². The Morgan fingerprint density at radius 1 is 0.833 bits per heavy atom. The highest BCUT2D eigenvalue weighted by Crippen LogP contribution is 2.62. The van der Waals surface area contributed by atoms with Crippen LogP contribution in [0, 0.1) is 5.82 Å². The number of imidazole rings is 1. The Hall–Kier alpha value is -4.64. The van der Waals surface area contributed by atoms with Crippen LogP contribution >= 0.6 is 23.2 Å². The van der Waals surface area contributed by atoms with Gasteiger partial charge in [-0.25, -0.2) is 9.18 Å². The fourth-order valence-corrected chi connectivity index (χ4v) is 12.8. The van der Waals surface area contributed by atoms with E-state index in [0.29, 0.717) is 35.5 Å². The Morgan fingerprint density at radius 3 is 2.30 bits per heavy atom. The number of carbonyl (C=O) groups is 4. The SMILES string of the molecule is Cn1c(=O)n(C2CCC(=O)NC2=O)c2ccc(CN3CCN(CCCN4CCC(NC(=O)[C@@H]5NC6(CCCCC6)[C@@]6(C(=O)Nc7cc(Cl)ccc76)[C@H]5c5cccc(Cl)c5F)CC4)CC3)cc21. The minimum absolute atomic E-state index is 0.0424. The van der Waals surface area contributed by atoms with Crippen LogP contribution in [-0.4, -0.2) is 117 Å². The van der Waals surface area contributed by atoms with Crippen molar-refractivity contribution >= 4 is 63.6 Å². The van der Waals surface area contributed by atoms with Crippen LogP contribution in [0.1, 0.15) is 92.9 Å². The maximum absolute atomic E-state index is 16.3. The molecule has 5 aliphatic heterocycles. The monoisotopic (exact) mass is 941 g/mol. The van der Waals surface area contributed by atoms with Gasteiger partial charge in [0, 0.05) is 87.5 Å². The van der Waals surface area contributed by atoms with Gasteiger partial charge in [-0.15, -0.1) is 0 Å². The maximum Gasteiger partial charge on any atom is 0.329 e. The first-order valence-electron chi connectivity index (χ1n) is 23.7. The fourth-order valence-electron chi connectivity index (χ4n) is 12.5. The molecule has 0 radical (unpaired) electrons. The lowest BCUT2D eigenvalue weighted by Crippen LogP contribution is -2.60. The summed E-state index contributed by atoms with van der Waals surface area (Å²) in [5, 5.41) is 13.0. The number of piperidine rings is 2. The minimum atomic E-state index is -1.26. The molecule has 3 aromatic carbocycles. The molecule has 1 unspecified atom stereocenters. The van der Waals surface area contributed by atoms with E-state index in [1.54, 1.807) is 35.9 Å². The lowest BCUT2D eigenvalue weighted by atomic mass is 9.55. The molecule has 2 spiro atoms. The van der Waals surface area contributed by atoms with Crippen molar-refractivity contribution < 1.29 is 23.6 Å². The smallest absolute Gasteiger partial charge is 0.329 e. The standard InChI is InChI=1S/C49H58Cl2FN9O5/c1-57-39-27-30(9-12-37(39)61(47(57)66)38-13-14-40(62)55-44(38)63)29-60-25-23-59(24-26-60)20-6-19-58-21-15-32(16-22-58)53-45(64)43-41(33-7-5-8-35(51)42(33)52)49(48(56-43)17-3-2-4-18-48)34-11-10-31(50)28-36(34)54-46(49)65/h5,7-12,27-28,32,38,41,43,56H,2-4,6,13-26,29H2,1H3,(H,53,64)(H,54,65)(H,55,62,63)/t38?,41-,43+,49+/m0/s1. The van der Waals surface area contributed by atoms with E-state index >= 15 is 4.39 Å². The first kappa shape index (κ1) is 45.2. The summed E-state index contributed by atoms with van der Waals surface area (Å²) >= 11 is 12.9. The number of aryl methyl sites for hydroxylation is 1. The summed E-state index contributed by atoms with van der Waals surface area (Å²) in [4.78, 5) is 74.4. The van der Waals surface area contributed by atoms with Crippen molar-refractivity contribution in [1.82, 2.24) is 39.8 Å². The molecule has 1 aromatic heterocycles. The van der Waals surface area contributed by atoms with Crippen LogP contribution in [0.2, 0.25) is 10.0 Å². The number of likely N-dealkylation sites (tertiary alicyclic amines) is 1. The van der Waals surface area contributed by atoms with Crippen LogP contribution < -0.4 is 27.0 Å². The van der Waals surface area contributed by atoms with Crippen molar-refractivity contribution in [2.45, 2.75) is 106 Å². The number of piperazine rings is 1. The Kier molecular flexibility index (Phi) is 12.4. The second-order valence-electron chi connectivity index (χ2n) is 19.4. The van der Waals surface area contributed by atoms with Crippen molar-refractivity contribution in [3.05, 3.63) is 97.6 Å². The molecule has 4 atom stereocenters. The molecule has 4 N–H and O–H groups in total. The Labute approximate surface area is 393 Å². The van der Waals surface area contributed by atoms with Gasteiger partial charge in [0.15, 0.2) is 0 Å². The van der Waals surface area contributed by atoms with Crippen LogP contribution in [0.15, 0.2) is 59.4 Å². The number of imide groups is 1. The predicted molar refractivity (Wildman–Crippen MR) is 251 cm³/mol. The van der Waals surface area contributed by atoms with Crippen LogP contribution in [0.25, 0.3) is 11.0 Å². The van der Waals surface area contributed by atoms with Crippen molar-refractivity contribution in [2.75, 3.05) is 57.7 Å². The number of benzene rings is 3. The van der Waals surface area contributed by atoms with Gasteiger partial charge in [-0.05, 0) is 98.6 Å². The summed E-state index contributed by atoms with van der Waals surface area (Å²) in [6.45, 7) is 8.29. The number of aromatic nitrogens is 2. The number of nitrogens with zero attached hydrogens (tertiary/aromatic N) is 5. The van der Waals surface area contributed by atoms with Crippen molar-refractivity contribution in [3.8, 4) is 0 Å². The number of fused-ring (bicyclic) bond motifs is 4. The summed E-state index contributed by atoms with van der Waals surface area (Å²) in [7, 11) is 1.72. The molecule has 6 heterocycles. The summed E-state index contributed by atoms with van der Waals surface area (Å²) in [5.41, 5.74) is 1.88. The first-order chi connectivity index (χ1) is 31.9. The summed E-state index contributed by atoms with van der Waals surface area (Å²) in [6, 6.07) is 14.7. The fraction of sp³-hybridized carbons (Fsp3) is 0.531. The third-order valence-corrected chi connectivity index (χ3v) is 16.3. The van der Waals surface area contributed by atoms with Gasteiger partial charge in [0.1, 0.15) is 17.3 Å². The molecule has 4 saturated heterocycles. The highest BCUT2D eigenvalue weighted by atomic mass is 35.5. The molecule has 350 valence electrons. The largest absolute Gasteiger partial charge is 0.352 e. The normalized spacial score (nSPS) is 26.3. The van der Waals surface area contributed by atoms with Gasteiger partial charge in [-0.3, -0.25) is 43.8 Å². The second-order valence-corrected chi connectivity index (χ2v) is 20.3. The van der Waals surface area contributed by atoms with Gasteiger partial charge < -0.3 is 20.4 Å². The number of rotatable bonds is 10. The van der Waals surface area contributed by atoms with E-state index in [0.717, 1.165) is 114 Å². The lowest BCUT2D eigenvalue weighted by molar-refractivity contribution is -0.136. The zero-order valence-corrected chi connectivity index (χ0v) is 38.9. The molecule has 66 heavy (non-hydrogen) atoms. The number of nitrogens with one attached hydrogen (secondary N) is 4.